The number of aliphatic hydroxyl groups is 1. The van der Waals surface area contributed by atoms with Gasteiger partial charge in [-0.25, -0.2) is 0 Å². The summed E-state index contributed by atoms with van der Waals surface area (Å²) in [4.78, 5) is 13.2. The summed E-state index contributed by atoms with van der Waals surface area (Å²) in [5, 5.41) is 21.0. The number of hydrazone groups is 1. The van der Waals surface area contributed by atoms with Crippen LogP contribution >= 0.6 is 0 Å². The minimum Gasteiger partial charge on any atom is -0.497 e. The second-order valence-corrected chi connectivity index (χ2v) is 8.71. The standard InChI is InChI=1S/C29H28N4O3/c1-20-27(29(35)33(31-20)23-8-4-3-5-9-23)16-21-18-32(28-11-7-6-10-26(21)28)19-24(34)17-30-22-12-14-25(36-2)15-13-22/h3-16,18,24,30,34H,17,19H2,1-2H3/b27-16+. The second-order valence-electron chi connectivity index (χ2n) is 8.71. The first-order valence-corrected chi connectivity index (χ1v) is 11.8. The number of aliphatic hydroxyl groups excluding tert-OH is 1. The van der Waals surface area contributed by atoms with Crippen molar-refractivity contribution < 1.29 is 14.6 Å². The van der Waals surface area contributed by atoms with Crippen LogP contribution in [0.1, 0.15) is 12.5 Å². The van der Waals surface area contributed by atoms with Gasteiger partial charge in [-0.2, -0.15) is 10.1 Å². The van der Waals surface area contributed by atoms with Crippen LogP contribution in [0.2, 0.25) is 0 Å². The van der Waals surface area contributed by atoms with E-state index in [0.29, 0.717) is 24.4 Å². The van der Waals surface area contributed by atoms with Crippen LogP contribution in [0.3, 0.4) is 0 Å². The lowest BCUT2D eigenvalue weighted by molar-refractivity contribution is -0.114. The number of hydrogen-bond acceptors (Lipinski definition) is 5. The fraction of sp³-hybridized carbons (Fsp3) is 0.172. The molecule has 0 fully saturated rings. The molecule has 7 heteroatoms. The lowest BCUT2D eigenvalue weighted by atomic mass is 10.1. The Balaban J connectivity index is 1.36. The molecule has 1 aliphatic heterocycles. The van der Waals surface area contributed by atoms with Crippen LogP contribution in [-0.4, -0.2) is 41.1 Å². The van der Waals surface area contributed by atoms with Gasteiger partial charge >= 0.3 is 0 Å². The number of amides is 1. The van der Waals surface area contributed by atoms with E-state index in [9.17, 15) is 9.90 Å². The number of rotatable bonds is 8. The molecule has 1 aromatic heterocycles. The summed E-state index contributed by atoms with van der Waals surface area (Å²) in [6.07, 6.45) is 3.26. The molecule has 5 rings (SSSR count). The summed E-state index contributed by atoms with van der Waals surface area (Å²) in [5.74, 6) is 0.633. The van der Waals surface area contributed by atoms with Gasteiger partial charge in [-0.15, -0.1) is 0 Å². The molecule has 4 aromatic rings. The van der Waals surface area contributed by atoms with E-state index in [1.54, 1.807) is 7.11 Å². The van der Waals surface area contributed by atoms with Gasteiger partial charge in [0.25, 0.3) is 5.91 Å². The van der Waals surface area contributed by atoms with Crippen molar-refractivity contribution in [3.05, 3.63) is 96.2 Å². The number of aromatic nitrogens is 1. The van der Waals surface area contributed by atoms with Crippen LogP contribution in [0.5, 0.6) is 5.75 Å². The maximum atomic E-state index is 13.2. The number of nitrogens with one attached hydrogen (secondary N) is 1. The lowest BCUT2D eigenvalue weighted by Gasteiger charge is -2.15. The van der Waals surface area contributed by atoms with Gasteiger partial charge in [-0.1, -0.05) is 36.4 Å². The Morgan fingerprint density at radius 1 is 1.03 bits per heavy atom. The minimum absolute atomic E-state index is 0.153. The SMILES string of the molecule is COc1ccc(NCC(O)Cn2cc(/C=C3/C(=O)N(c4ccccc4)N=C3C)c3ccccc32)cc1. The van der Waals surface area contributed by atoms with Gasteiger partial charge in [0, 0.05) is 34.9 Å². The number of methoxy groups -OCH3 is 1. The van der Waals surface area contributed by atoms with Crippen molar-refractivity contribution >= 4 is 40.0 Å². The summed E-state index contributed by atoms with van der Waals surface area (Å²) in [6.45, 7) is 2.65. The van der Waals surface area contributed by atoms with Crippen molar-refractivity contribution in [1.29, 1.82) is 0 Å². The zero-order valence-corrected chi connectivity index (χ0v) is 20.3. The third-order valence-electron chi connectivity index (χ3n) is 6.22. The van der Waals surface area contributed by atoms with Gasteiger partial charge in [0.1, 0.15) is 5.75 Å². The van der Waals surface area contributed by atoms with Crippen molar-refractivity contribution in [2.75, 3.05) is 24.0 Å². The van der Waals surface area contributed by atoms with E-state index >= 15 is 0 Å². The molecule has 36 heavy (non-hydrogen) atoms. The average Bonchev–Trinajstić information content (AvgIpc) is 3.40. The summed E-state index contributed by atoms with van der Waals surface area (Å²) in [5.41, 5.74) is 4.78. The van der Waals surface area contributed by atoms with Gasteiger partial charge in [-0.05, 0) is 55.5 Å². The Labute approximate surface area is 209 Å². The number of carbonyl (C=O) groups excluding carboxylic acids is 1. The molecule has 1 unspecified atom stereocenters. The van der Waals surface area contributed by atoms with E-state index in [2.05, 4.69) is 10.4 Å². The number of para-hydroxylation sites is 2. The third-order valence-corrected chi connectivity index (χ3v) is 6.22. The lowest BCUT2D eigenvalue weighted by Crippen LogP contribution is -2.24. The van der Waals surface area contributed by atoms with E-state index in [1.807, 2.05) is 103 Å². The van der Waals surface area contributed by atoms with E-state index in [-0.39, 0.29) is 5.91 Å². The van der Waals surface area contributed by atoms with E-state index in [4.69, 9.17) is 4.74 Å². The highest BCUT2D eigenvalue weighted by Gasteiger charge is 2.29. The summed E-state index contributed by atoms with van der Waals surface area (Å²) in [6, 6.07) is 25.0. The molecule has 0 saturated heterocycles. The number of nitrogens with zero attached hydrogens (tertiary/aromatic N) is 3. The van der Waals surface area contributed by atoms with Gasteiger partial charge in [-0.3, -0.25) is 4.79 Å². The Bertz CT molecular complexity index is 1440. The largest absolute Gasteiger partial charge is 0.497 e. The molecule has 2 heterocycles. The number of ether oxygens (including phenoxy) is 1. The first kappa shape index (κ1) is 23.4. The first-order valence-electron chi connectivity index (χ1n) is 11.8. The van der Waals surface area contributed by atoms with E-state index in [1.165, 1.54) is 5.01 Å². The van der Waals surface area contributed by atoms with Crippen LogP contribution in [0.4, 0.5) is 11.4 Å². The number of hydrogen-bond donors (Lipinski definition) is 2. The molecule has 7 nitrogen and oxygen atoms in total. The minimum atomic E-state index is -0.617. The molecular formula is C29H28N4O3. The zero-order valence-electron chi connectivity index (χ0n) is 20.3. The highest BCUT2D eigenvalue weighted by molar-refractivity contribution is 6.32. The predicted octanol–water partition coefficient (Wildman–Crippen LogP) is 4.93. The summed E-state index contributed by atoms with van der Waals surface area (Å²) < 4.78 is 7.22. The summed E-state index contributed by atoms with van der Waals surface area (Å²) >= 11 is 0. The third kappa shape index (κ3) is 4.74. The monoisotopic (exact) mass is 480 g/mol. The Morgan fingerprint density at radius 3 is 2.50 bits per heavy atom. The molecule has 0 radical (unpaired) electrons. The molecule has 0 spiro atoms. The van der Waals surface area contributed by atoms with Gasteiger partial charge in [0.15, 0.2) is 0 Å². The number of anilines is 2. The topological polar surface area (TPSA) is 79.1 Å². The van der Waals surface area contributed by atoms with Crippen LogP contribution in [0.25, 0.3) is 17.0 Å². The summed E-state index contributed by atoms with van der Waals surface area (Å²) in [7, 11) is 1.63. The van der Waals surface area contributed by atoms with Crippen LogP contribution in [0.15, 0.2) is 95.7 Å². The van der Waals surface area contributed by atoms with Crippen LogP contribution in [-0.2, 0) is 11.3 Å². The molecule has 2 N–H and O–H groups in total. The molecule has 0 saturated carbocycles. The van der Waals surface area contributed by atoms with Crippen molar-refractivity contribution in [2.24, 2.45) is 5.10 Å². The van der Waals surface area contributed by atoms with Crippen molar-refractivity contribution in [2.45, 2.75) is 19.6 Å². The first-order chi connectivity index (χ1) is 17.5. The number of carbonyl (C=O) groups is 1. The normalized spacial score (nSPS) is 15.4. The predicted molar refractivity (Wildman–Crippen MR) is 144 cm³/mol. The van der Waals surface area contributed by atoms with Crippen molar-refractivity contribution in [3.8, 4) is 5.75 Å². The molecule has 1 atom stereocenters. The van der Waals surface area contributed by atoms with Gasteiger partial charge in [0.2, 0.25) is 0 Å². The zero-order chi connectivity index (χ0) is 25.1. The van der Waals surface area contributed by atoms with Crippen molar-refractivity contribution in [1.82, 2.24) is 4.57 Å². The number of benzene rings is 3. The molecule has 1 amide bonds. The molecule has 1 aliphatic rings. The Kier molecular flexibility index (Phi) is 6.56. The van der Waals surface area contributed by atoms with Crippen molar-refractivity contribution in [3.63, 3.8) is 0 Å². The smallest absolute Gasteiger partial charge is 0.280 e. The fourth-order valence-electron chi connectivity index (χ4n) is 4.36. The molecular weight excluding hydrogens is 452 g/mol. The second kappa shape index (κ2) is 10.1. The highest BCUT2D eigenvalue weighted by Crippen LogP contribution is 2.28. The Hall–Kier alpha value is -4.36. The average molecular weight is 481 g/mol. The molecule has 182 valence electrons. The molecule has 0 bridgehead atoms. The molecule has 3 aromatic carbocycles. The van der Waals surface area contributed by atoms with E-state index in [0.717, 1.165) is 33.6 Å². The van der Waals surface area contributed by atoms with Gasteiger partial charge < -0.3 is 19.7 Å². The molecule has 0 aliphatic carbocycles. The van der Waals surface area contributed by atoms with Gasteiger partial charge in [0.05, 0.1) is 36.7 Å². The maximum absolute atomic E-state index is 13.2. The van der Waals surface area contributed by atoms with E-state index < -0.39 is 6.10 Å². The Morgan fingerprint density at radius 2 is 1.75 bits per heavy atom. The fourth-order valence-corrected chi connectivity index (χ4v) is 4.36. The maximum Gasteiger partial charge on any atom is 0.280 e. The van der Waals surface area contributed by atoms with Crippen LogP contribution < -0.4 is 15.1 Å². The number of fused-ring (bicyclic) bond motifs is 1. The highest BCUT2D eigenvalue weighted by atomic mass is 16.5. The van der Waals surface area contributed by atoms with Crippen LogP contribution in [0, 0.1) is 0 Å². The quantitative estimate of drug-likeness (QED) is 0.351.